The van der Waals surface area contributed by atoms with E-state index in [1.165, 1.54) is 0 Å². The molecular formula is C16H26BrN3OSi. The summed E-state index contributed by atoms with van der Waals surface area (Å²) < 4.78 is 9.11. The SMILES string of the molecule is CC(C)c1nc2c(Br)cc(C(C)(C)O[SiH2]C(C)(C)C)cn2n1. The molecule has 0 unspecified atom stereocenters. The fraction of sp³-hybridized carbons (Fsp3) is 0.625. The second-order valence-corrected chi connectivity index (χ2v) is 11.4. The average Bonchev–Trinajstić information content (AvgIpc) is 2.80. The number of rotatable bonds is 4. The van der Waals surface area contributed by atoms with Gasteiger partial charge >= 0.3 is 0 Å². The number of hydrogen-bond donors (Lipinski definition) is 0. The number of fused-ring (bicyclic) bond motifs is 1. The fourth-order valence-corrected chi connectivity index (χ4v) is 3.49. The number of aromatic nitrogens is 3. The lowest BCUT2D eigenvalue weighted by atomic mass is 10.0. The molecule has 22 heavy (non-hydrogen) atoms. The second-order valence-electron chi connectivity index (χ2n) is 7.83. The van der Waals surface area contributed by atoms with Crippen molar-refractivity contribution in [1.29, 1.82) is 0 Å². The Morgan fingerprint density at radius 2 is 1.86 bits per heavy atom. The van der Waals surface area contributed by atoms with Gasteiger partial charge in [0.05, 0.1) is 10.1 Å². The molecule has 0 amide bonds. The van der Waals surface area contributed by atoms with E-state index in [1.807, 2.05) is 10.7 Å². The molecule has 0 aliphatic rings. The van der Waals surface area contributed by atoms with Crippen LogP contribution in [-0.2, 0) is 10.0 Å². The molecule has 0 saturated heterocycles. The lowest BCUT2D eigenvalue weighted by molar-refractivity contribution is 0.109. The van der Waals surface area contributed by atoms with Gasteiger partial charge in [0.1, 0.15) is 0 Å². The van der Waals surface area contributed by atoms with Crippen molar-refractivity contribution in [3.8, 4) is 0 Å². The monoisotopic (exact) mass is 383 g/mol. The highest BCUT2D eigenvalue weighted by molar-refractivity contribution is 9.10. The van der Waals surface area contributed by atoms with Crippen LogP contribution in [0.1, 0.15) is 65.8 Å². The fourth-order valence-electron chi connectivity index (χ4n) is 2.02. The van der Waals surface area contributed by atoms with E-state index >= 15 is 0 Å². The van der Waals surface area contributed by atoms with Crippen LogP contribution in [0.15, 0.2) is 16.7 Å². The molecule has 0 N–H and O–H groups in total. The van der Waals surface area contributed by atoms with Crippen molar-refractivity contribution in [3.63, 3.8) is 0 Å². The Hall–Kier alpha value is -0.723. The maximum Gasteiger partial charge on any atom is 0.169 e. The summed E-state index contributed by atoms with van der Waals surface area (Å²) in [5, 5.41) is 4.86. The first-order chi connectivity index (χ1) is 9.99. The predicted molar refractivity (Wildman–Crippen MR) is 97.1 cm³/mol. The van der Waals surface area contributed by atoms with Gasteiger partial charge in [-0.15, -0.1) is 0 Å². The summed E-state index contributed by atoms with van der Waals surface area (Å²) in [6.07, 6.45) is 2.04. The summed E-state index contributed by atoms with van der Waals surface area (Å²) in [6.45, 7) is 15.2. The lowest BCUT2D eigenvalue weighted by Gasteiger charge is -2.30. The Bertz CT molecular complexity index is 674. The minimum absolute atomic E-state index is 0.274. The molecule has 122 valence electrons. The Kier molecular flexibility index (Phi) is 4.85. The number of halogens is 1. The second kappa shape index (κ2) is 6.05. The van der Waals surface area contributed by atoms with Crippen LogP contribution in [-0.4, -0.2) is 24.4 Å². The summed E-state index contributed by atoms with van der Waals surface area (Å²) in [5.41, 5.74) is 1.65. The molecule has 2 rings (SSSR count). The molecule has 4 nitrogen and oxygen atoms in total. The van der Waals surface area contributed by atoms with E-state index in [4.69, 9.17) is 4.43 Å². The van der Waals surface area contributed by atoms with Crippen molar-refractivity contribution in [3.05, 3.63) is 28.1 Å². The van der Waals surface area contributed by atoms with Crippen molar-refractivity contribution >= 4 is 31.3 Å². The summed E-state index contributed by atoms with van der Waals surface area (Å²) >= 11 is 3.63. The maximum absolute atomic E-state index is 6.29. The van der Waals surface area contributed by atoms with Crippen molar-refractivity contribution in [1.82, 2.24) is 14.6 Å². The van der Waals surface area contributed by atoms with E-state index in [9.17, 15) is 0 Å². The number of hydrogen-bond acceptors (Lipinski definition) is 3. The zero-order chi connectivity index (χ0) is 16.7. The molecule has 2 heterocycles. The molecule has 2 aromatic rings. The third-order valence-corrected chi connectivity index (χ3v) is 5.80. The van der Waals surface area contributed by atoms with Crippen LogP contribution in [0.2, 0.25) is 5.04 Å². The van der Waals surface area contributed by atoms with Crippen LogP contribution >= 0.6 is 15.9 Å². The normalized spacial score (nSPS) is 13.9. The van der Waals surface area contributed by atoms with Crippen molar-refractivity contribution in [2.24, 2.45) is 0 Å². The minimum atomic E-state index is -0.630. The van der Waals surface area contributed by atoms with Gasteiger partial charge in [-0.1, -0.05) is 34.6 Å². The first-order valence-corrected chi connectivity index (χ1v) is 9.77. The molecule has 0 atom stereocenters. The highest BCUT2D eigenvalue weighted by Gasteiger charge is 2.26. The molecule has 0 spiro atoms. The van der Waals surface area contributed by atoms with E-state index in [2.05, 4.69) is 80.5 Å². The van der Waals surface area contributed by atoms with Crippen LogP contribution < -0.4 is 0 Å². The van der Waals surface area contributed by atoms with E-state index in [-0.39, 0.29) is 10.6 Å². The van der Waals surface area contributed by atoms with Gasteiger partial charge in [-0.2, -0.15) is 5.10 Å². The van der Waals surface area contributed by atoms with Crippen molar-refractivity contribution in [2.45, 2.75) is 65.0 Å². The molecule has 2 aromatic heterocycles. The third kappa shape index (κ3) is 3.97. The van der Waals surface area contributed by atoms with Gasteiger partial charge in [-0.25, -0.2) is 9.50 Å². The van der Waals surface area contributed by atoms with Crippen molar-refractivity contribution in [2.75, 3.05) is 0 Å². The van der Waals surface area contributed by atoms with Gasteiger partial charge in [0, 0.05) is 17.7 Å². The summed E-state index contributed by atoms with van der Waals surface area (Å²) in [4.78, 5) is 4.59. The van der Waals surface area contributed by atoms with Gasteiger partial charge in [-0.3, -0.25) is 0 Å². The first kappa shape index (κ1) is 17.6. The van der Waals surface area contributed by atoms with Crippen LogP contribution in [0, 0.1) is 0 Å². The molecular weight excluding hydrogens is 358 g/mol. The highest BCUT2D eigenvalue weighted by atomic mass is 79.9. The molecule has 0 saturated carbocycles. The van der Waals surface area contributed by atoms with E-state index < -0.39 is 9.76 Å². The summed E-state index contributed by atoms with van der Waals surface area (Å²) in [6, 6.07) is 2.10. The lowest BCUT2D eigenvalue weighted by Crippen LogP contribution is -2.28. The Labute approximate surface area is 143 Å². The maximum atomic E-state index is 6.29. The van der Waals surface area contributed by atoms with Gasteiger partial charge < -0.3 is 4.43 Å². The van der Waals surface area contributed by atoms with Gasteiger partial charge in [-0.05, 0) is 40.9 Å². The van der Waals surface area contributed by atoms with Crippen LogP contribution in [0.3, 0.4) is 0 Å². The molecule has 6 heteroatoms. The van der Waals surface area contributed by atoms with Gasteiger partial charge in [0.2, 0.25) is 0 Å². The molecule has 0 aromatic carbocycles. The smallest absolute Gasteiger partial charge is 0.169 e. The van der Waals surface area contributed by atoms with Crippen LogP contribution in [0.5, 0.6) is 0 Å². The van der Waals surface area contributed by atoms with E-state index in [0.717, 1.165) is 21.5 Å². The zero-order valence-electron chi connectivity index (χ0n) is 14.6. The van der Waals surface area contributed by atoms with E-state index in [1.54, 1.807) is 0 Å². The minimum Gasteiger partial charge on any atom is -0.414 e. The quantitative estimate of drug-likeness (QED) is 0.743. The molecule has 0 fully saturated rings. The number of nitrogens with zero attached hydrogens (tertiary/aromatic N) is 3. The standard InChI is InChI=1S/C16H26BrN3OSi/c1-10(2)13-18-14-12(17)8-11(9-20(14)19-13)16(6,7)21-22-15(3,4)5/h8-10H,22H2,1-7H3. The van der Waals surface area contributed by atoms with E-state index in [0.29, 0.717) is 5.92 Å². The average molecular weight is 384 g/mol. The highest BCUT2D eigenvalue weighted by Crippen LogP contribution is 2.31. The van der Waals surface area contributed by atoms with Crippen LogP contribution in [0.4, 0.5) is 0 Å². The molecule has 0 radical (unpaired) electrons. The van der Waals surface area contributed by atoms with Gasteiger partial charge in [0.25, 0.3) is 0 Å². The Balaban J connectivity index is 2.39. The molecule has 0 aliphatic carbocycles. The topological polar surface area (TPSA) is 39.4 Å². The molecule has 0 bridgehead atoms. The summed E-state index contributed by atoms with van der Waals surface area (Å²) in [7, 11) is -0.630. The van der Waals surface area contributed by atoms with Crippen molar-refractivity contribution < 1.29 is 4.43 Å². The largest absolute Gasteiger partial charge is 0.414 e. The zero-order valence-corrected chi connectivity index (χ0v) is 17.6. The third-order valence-electron chi connectivity index (χ3n) is 3.48. The predicted octanol–water partition coefficient (Wildman–Crippen LogP) is 4.17. The Morgan fingerprint density at radius 1 is 1.23 bits per heavy atom. The van der Waals surface area contributed by atoms with Crippen LogP contribution in [0.25, 0.3) is 5.65 Å². The first-order valence-electron chi connectivity index (χ1n) is 7.70. The van der Waals surface area contributed by atoms with Gasteiger partial charge in [0.15, 0.2) is 21.2 Å². The number of pyridine rings is 1. The summed E-state index contributed by atoms with van der Waals surface area (Å²) in [5.74, 6) is 1.17. The Morgan fingerprint density at radius 3 is 2.41 bits per heavy atom. The molecule has 0 aliphatic heterocycles.